The number of hydrogen-bond acceptors (Lipinski definition) is 4. The molecular formula is C27H24BrN3O2. The molecule has 6 heteroatoms. The molecule has 33 heavy (non-hydrogen) atoms. The Hall–Kier alpha value is -3.56. The molecule has 4 rings (SSSR count). The lowest BCUT2D eigenvalue weighted by Crippen LogP contribution is -2.01. The van der Waals surface area contributed by atoms with E-state index in [0.717, 1.165) is 26.6 Å². The summed E-state index contributed by atoms with van der Waals surface area (Å²) in [5.74, 6) is 1.78. The number of rotatable bonds is 7. The topological polar surface area (TPSA) is 70.9 Å². The highest BCUT2D eigenvalue weighted by Gasteiger charge is 2.14. The molecule has 1 aromatic heterocycles. The highest BCUT2D eigenvalue weighted by molar-refractivity contribution is 9.10. The molecule has 0 amide bonds. The van der Waals surface area contributed by atoms with Gasteiger partial charge < -0.3 is 14.5 Å². The van der Waals surface area contributed by atoms with Gasteiger partial charge in [-0.15, -0.1) is 0 Å². The second kappa shape index (κ2) is 9.93. The van der Waals surface area contributed by atoms with E-state index < -0.39 is 0 Å². The van der Waals surface area contributed by atoms with Gasteiger partial charge in [-0.3, -0.25) is 0 Å². The Labute approximate surface area is 201 Å². The van der Waals surface area contributed by atoms with Crippen molar-refractivity contribution in [1.82, 2.24) is 9.97 Å². The van der Waals surface area contributed by atoms with Crippen LogP contribution in [0, 0.1) is 25.2 Å². The van der Waals surface area contributed by atoms with E-state index >= 15 is 0 Å². The van der Waals surface area contributed by atoms with Crippen molar-refractivity contribution in [2.45, 2.75) is 27.4 Å². The first kappa shape index (κ1) is 22.6. The molecule has 0 aliphatic heterocycles. The number of nitrogens with zero attached hydrogens (tertiary/aromatic N) is 2. The van der Waals surface area contributed by atoms with E-state index in [2.05, 4.69) is 51.9 Å². The number of fused-ring (bicyclic) bond motifs is 1. The number of nitriles is 1. The highest BCUT2D eigenvalue weighted by Crippen LogP contribution is 2.38. The van der Waals surface area contributed by atoms with Gasteiger partial charge in [-0.2, -0.15) is 5.26 Å². The molecule has 0 fully saturated rings. The zero-order valence-corrected chi connectivity index (χ0v) is 20.4. The molecule has 0 spiro atoms. The van der Waals surface area contributed by atoms with Crippen LogP contribution < -0.4 is 9.47 Å². The van der Waals surface area contributed by atoms with Crippen LogP contribution in [0.25, 0.3) is 22.7 Å². The minimum atomic E-state index is 0.427. The molecule has 4 aromatic rings. The third-order valence-electron chi connectivity index (χ3n) is 5.34. The van der Waals surface area contributed by atoms with E-state index in [1.807, 2.05) is 55.5 Å². The first-order valence-corrected chi connectivity index (χ1v) is 11.5. The third-order valence-corrected chi connectivity index (χ3v) is 5.93. The summed E-state index contributed by atoms with van der Waals surface area (Å²) >= 11 is 3.61. The number of aryl methyl sites for hydroxylation is 2. The number of benzene rings is 3. The number of aromatic amines is 1. The first-order valence-electron chi connectivity index (χ1n) is 10.7. The lowest BCUT2D eigenvalue weighted by atomic mass is 10.1. The maximum absolute atomic E-state index is 9.84. The second-order valence-electron chi connectivity index (χ2n) is 7.75. The summed E-state index contributed by atoms with van der Waals surface area (Å²) in [6, 6.07) is 20.1. The maximum Gasteiger partial charge on any atom is 0.175 e. The van der Waals surface area contributed by atoms with Crippen LogP contribution in [0.2, 0.25) is 0 Å². The van der Waals surface area contributed by atoms with Gasteiger partial charge in [0.15, 0.2) is 11.5 Å². The van der Waals surface area contributed by atoms with Gasteiger partial charge in [0.25, 0.3) is 0 Å². The number of H-pyrrole nitrogens is 1. The molecular weight excluding hydrogens is 478 g/mol. The number of halogens is 1. The van der Waals surface area contributed by atoms with E-state index in [4.69, 9.17) is 9.47 Å². The fraction of sp³-hybridized carbons (Fsp3) is 0.185. The quantitative estimate of drug-likeness (QED) is 0.277. The molecule has 0 radical (unpaired) electrons. The van der Waals surface area contributed by atoms with Crippen molar-refractivity contribution in [1.29, 1.82) is 5.26 Å². The molecule has 0 atom stereocenters. The molecule has 3 aromatic carbocycles. The van der Waals surface area contributed by atoms with E-state index in [1.54, 1.807) is 6.08 Å². The molecule has 0 aliphatic rings. The Morgan fingerprint density at radius 3 is 2.58 bits per heavy atom. The molecule has 0 unspecified atom stereocenters. The fourth-order valence-corrected chi connectivity index (χ4v) is 4.10. The van der Waals surface area contributed by atoms with Crippen molar-refractivity contribution in [3.63, 3.8) is 0 Å². The van der Waals surface area contributed by atoms with E-state index in [1.165, 1.54) is 11.1 Å². The van der Waals surface area contributed by atoms with Gasteiger partial charge in [-0.25, -0.2) is 4.98 Å². The third kappa shape index (κ3) is 5.10. The Balaban J connectivity index is 1.68. The van der Waals surface area contributed by atoms with E-state index in [-0.39, 0.29) is 0 Å². The Bertz CT molecular complexity index is 1330. The van der Waals surface area contributed by atoms with Gasteiger partial charge in [0.2, 0.25) is 0 Å². The van der Waals surface area contributed by atoms with E-state index in [0.29, 0.717) is 36.1 Å². The van der Waals surface area contributed by atoms with Crippen molar-refractivity contribution >= 4 is 38.6 Å². The van der Waals surface area contributed by atoms with Crippen molar-refractivity contribution in [3.05, 3.63) is 87.1 Å². The van der Waals surface area contributed by atoms with Crippen LogP contribution in [0.15, 0.2) is 59.1 Å². The lowest BCUT2D eigenvalue weighted by Gasteiger charge is -2.15. The number of hydrogen-bond donors (Lipinski definition) is 1. The van der Waals surface area contributed by atoms with E-state index in [9.17, 15) is 5.26 Å². The number of aromatic nitrogens is 2. The van der Waals surface area contributed by atoms with Gasteiger partial charge in [0, 0.05) is 0 Å². The standard InChI is InChI=1S/C27H24BrN3O2/c1-4-32-25-14-20(13-22(28)26(25)33-16-19-8-6-5-7-9-19)12-21(15-29)27-30-23-10-17(2)18(3)11-24(23)31-27/h5-14H,4,16H2,1-3H3,(H,30,31)/b21-12+. The van der Waals surface area contributed by atoms with Crippen molar-refractivity contribution in [3.8, 4) is 17.6 Å². The van der Waals surface area contributed by atoms with Crippen molar-refractivity contribution < 1.29 is 9.47 Å². The smallest absolute Gasteiger partial charge is 0.175 e. The predicted molar refractivity (Wildman–Crippen MR) is 135 cm³/mol. The summed E-state index contributed by atoms with van der Waals surface area (Å²) in [6.45, 7) is 6.96. The van der Waals surface area contributed by atoms with Crippen LogP contribution in [0.3, 0.4) is 0 Å². The lowest BCUT2D eigenvalue weighted by molar-refractivity contribution is 0.267. The zero-order valence-electron chi connectivity index (χ0n) is 18.8. The summed E-state index contributed by atoms with van der Waals surface area (Å²) < 4.78 is 12.7. The molecule has 1 heterocycles. The molecule has 0 aliphatic carbocycles. The van der Waals surface area contributed by atoms with Crippen molar-refractivity contribution in [2.24, 2.45) is 0 Å². The molecule has 1 N–H and O–H groups in total. The molecule has 0 saturated carbocycles. The summed E-state index contributed by atoms with van der Waals surface area (Å²) in [4.78, 5) is 7.90. The Morgan fingerprint density at radius 1 is 1.09 bits per heavy atom. The van der Waals surface area contributed by atoms with Gasteiger partial charge >= 0.3 is 0 Å². The summed E-state index contributed by atoms with van der Waals surface area (Å²) in [7, 11) is 0. The molecule has 0 bridgehead atoms. The monoisotopic (exact) mass is 501 g/mol. The molecule has 0 saturated heterocycles. The fourth-order valence-electron chi connectivity index (χ4n) is 3.52. The normalized spacial score (nSPS) is 11.4. The Kier molecular flexibility index (Phi) is 6.81. The largest absolute Gasteiger partial charge is 0.490 e. The summed E-state index contributed by atoms with van der Waals surface area (Å²) in [5, 5.41) is 9.84. The number of nitrogens with one attached hydrogen (secondary N) is 1. The van der Waals surface area contributed by atoms with Crippen LogP contribution >= 0.6 is 15.9 Å². The van der Waals surface area contributed by atoms with Gasteiger partial charge in [-0.05, 0) is 89.3 Å². The number of ether oxygens (including phenoxy) is 2. The zero-order chi connectivity index (χ0) is 23.4. The Morgan fingerprint density at radius 2 is 1.85 bits per heavy atom. The predicted octanol–water partition coefficient (Wildman–Crippen LogP) is 6.98. The van der Waals surface area contributed by atoms with Crippen LogP contribution in [0.5, 0.6) is 11.5 Å². The minimum absolute atomic E-state index is 0.427. The highest BCUT2D eigenvalue weighted by atomic mass is 79.9. The average Bonchev–Trinajstić information content (AvgIpc) is 3.20. The van der Waals surface area contributed by atoms with Crippen LogP contribution in [-0.4, -0.2) is 16.6 Å². The van der Waals surface area contributed by atoms with Gasteiger partial charge in [0.05, 0.1) is 27.7 Å². The van der Waals surface area contributed by atoms with Gasteiger partial charge in [-0.1, -0.05) is 30.3 Å². The van der Waals surface area contributed by atoms with Gasteiger partial charge in [0.1, 0.15) is 18.5 Å². The first-order chi connectivity index (χ1) is 16.0. The minimum Gasteiger partial charge on any atom is -0.490 e. The SMILES string of the molecule is CCOc1cc(/C=C(\C#N)c2nc3cc(C)c(C)cc3[nH]2)cc(Br)c1OCc1ccccc1. The summed E-state index contributed by atoms with van der Waals surface area (Å²) in [5.41, 5.74) is 6.41. The van der Waals surface area contributed by atoms with Crippen LogP contribution in [0.1, 0.15) is 35.0 Å². The molecule has 166 valence electrons. The van der Waals surface area contributed by atoms with Crippen molar-refractivity contribution in [2.75, 3.05) is 6.61 Å². The number of imidazole rings is 1. The maximum atomic E-state index is 9.84. The molecule has 5 nitrogen and oxygen atoms in total. The summed E-state index contributed by atoms with van der Waals surface area (Å²) in [6.07, 6.45) is 1.80. The number of allylic oxidation sites excluding steroid dienone is 1. The average molecular weight is 502 g/mol. The van der Waals surface area contributed by atoms with Crippen LogP contribution in [0.4, 0.5) is 0 Å². The van der Waals surface area contributed by atoms with Crippen LogP contribution in [-0.2, 0) is 6.61 Å². The second-order valence-corrected chi connectivity index (χ2v) is 8.60.